The number of rotatable bonds is 4. The standard InChI is InChI=1S/C24H22N4/c1-16-9-10-22-23(11-16)27-24(26-22)21(14-25)13-20-12-17(2)28(18(20)3)15-19-7-5-4-6-8-19/h4-13H,15H2,1-3H3,(H,26,27). The number of benzene rings is 2. The first-order valence-corrected chi connectivity index (χ1v) is 9.34. The summed E-state index contributed by atoms with van der Waals surface area (Å²) >= 11 is 0. The molecule has 0 aliphatic heterocycles. The summed E-state index contributed by atoms with van der Waals surface area (Å²) < 4.78 is 2.28. The smallest absolute Gasteiger partial charge is 0.149 e. The number of imidazole rings is 1. The Morgan fingerprint density at radius 3 is 2.64 bits per heavy atom. The number of nitrogens with one attached hydrogen (secondary N) is 1. The number of hydrogen-bond acceptors (Lipinski definition) is 2. The monoisotopic (exact) mass is 366 g/mol. The van der Waals surface area contributed by atoms with Crippen LogP contribution in [0.5, 0.6) is 0 Å². The molecule has 1 N–H and O–H groups in total. The fourth-order valence-corrected chi connectivity index (χ4v) is 3.54. The van der Waals surface area contributed by atoms with Crippen LogP contribution in [-0.4, -0.2) is 14.5 Å². The second kappa shape index (κ2) is 7.21. The van der Waals surface area contributed by atoms with Gasteiger partial charge in [0.05, 0.1) is 16.6 Å². The zero-order valence-corrected chi connectivity index (χ0v) is 16.3. The van der Waals surface area contributed by atoms with Gasteiger partial charge >= 0.3 is 0 Å². The maximum absolute atomic E-state index is 9.74. The second-order valence-electron chi connectivity index (χ2n) is 7.17. The summed E-state index contributed by atoms with van der Waals surface area (Å²) in [6.45, 7) is 7.06. The van der Waals surface area contributed by atoms with Crippen LogP contribution in [0.15, 0.2) is 54.6 Å². The molecule has 0 spiro atoms. The normalized spacial score (nSPS) is 11.7. The van der Waals surface area contributed by atoms with Gasteiger partial charge in [0.25, 0.3) is 0 Å². The minimum Gasteiger partial charge on any atom is -0.344 e. The van der Waals surface area contributed by atoms with Gasteiger partial charge in [0, 0.05) is 17.9 Å². The number of H-pyrrole nitrogens is 1. The summed E-state index contributed by atoms with van der Waals surface area (Å²) in [4.78, 5) is 7.87. The lowest BCUT2D eigenvalue weighted by Gasteiger charge is -2.09. The van der Waals surface area contributed by atoms with Crippen molar-refractivity contribution in [2.45, 2.75) is 27.3 Å². The SMILES string of the molecule is Cc1ccc2nc(C(C#N)=Cc3cc(C)n(Cc4ccccc4)c3C)[nH]c2c1. The summed E-state index contributed by atoms with van der Waals surface area (Å²) in [5.41, 5.74) is 8.13. The predicted octanol–water partition coefficient (Wildman–Crippen LogP) is 5.40. The van der Waals surface area contributed by atoms with E-state index in [0.29, 0.717) is 11.4 Å². The summed E-state index contributed by atoms with van der Waals surface area (Å²) in [5, 5.41) is 9.74. The molecule has 0 saturated heterocycles. The first kappa shape index (κ1) is 17.8. The number of hydrogen-bond donors (Lipinski definition) is 1. The third-order valence-corrected chi connectivity index (χ3v) is 5.11. The molecule has 0 aliphatic carbocycles. The van der Waals surface area contributed by atoms with Crippen LogP contribution in [0.3, 0.4) is 0 Å². The van der Waals surface area contributed by atoms with Crippen molar-refractivity contribution in [3.8, 4) is 6.07 Å². The Labute approximate surface area is 164 Å². The van der Waals surface area contributed by atoms with Crippen LogP contribution in [0.25, 0.3) is 22.7 Å². The molecule has 0 atom stereocenters. The lowest BCUT2D eigenvalue weighted by atomic mass is 10.1. The molecule has 0 aliphatic rings. The third kappa shape index (κ3) is 3.35. The largest absolute Gasteiger partial charge is 0.344 e. The van der Waals surface area contributed by atoms with E-state index >= 15 is 0 Å². The van der Waals surface area contributed by atoms with Gasteiger partial charge < -0.3 is 9.55 Å². The molecule has 2 aromatic heterocycles. The van der Waals surface area contributed by atoms with E-state index in [1.54, 1.807) is 0 Å². The zero-order valence-electron chi connectivity index (χ0n) is 16.3. The van der Waals surface area contributed by atoms with E-state index in [2.05, 4.69) is 64.8 Å². The summed E-state index contributed by atoms with van der Waals surface area (Å²) in [6.07, 6.45) is 1.92. The van der Waals surface area contributed by atoms with Crippen molar-refractivity contribution in [1.29, 1.82) is 5.26 Å². The molecule has 4 rings (SSSR count). The van der Waals surface area contributed by atoms with Gasteiger partial charge in [-0.25, -0.2) is 4.98 Å². The van der Waals surface area contributed by atoms with Gasteiger partial charge in [-0.05, 0) is 61.7 Å². The topological polar surface area (TPSA) is 57.4 Å². The molecule has 0 amide bonds. The quantitative estimate of drug-likeness (QED) is 0.492. The number of nitrogens with zero attached hydrogens (tertiary/aromatic N) is 3. The Morgan fingerprint density at radius 2 is 1.89 bits per heavy atom. The molecular weight excluding hydrogens is 344 g/mol. The van der Waals surface area contributed by atoms with Crippen molar-refractivity contribution in [3.63, 3.8) is 0 Å². The highest BCUT2D eigenvalue weighted by Gasteiger charge is 2.12. The number of fused-ring (bicyclic) bond motifs is 1. The van der Waals surface area contributed by atoms with Crippen molar-refractivity contribution in [3.05, 3.63) is 88.5 Å². The predicted molar refractivity (Wildman–Crippen MR) is 114 cm³/mol. The van der Waals surface area contributed by atoms with Gasteiger partial charge in [0.15, 0.2) is 0 Å². The lowest BCUT2D eigenvalue weighted by Crippen LogP contribution is -2.03. The van der Waals surface area contributed by atoms with Crippen LogP contribution >= 0.6 is 0 Å². The second-order valence-corrected chi connectivity index (χ2v) is 7.17. The molecular formula is C24H22N4. The minimum atomic E-state index is 0.536. The van der Waals surface area contributed by atoms with Crippen molar-refractivity contribution in [1.82, 2.24) is 14.5 Å². The van der Waals surface area contributed by atoms with Crippen LogP contribution in [-0.2, 0) is 6.54 Å². The van der Waals surface area contributed by atoms with Gasteiger partial charge in [0.2, 0.25) is 0 Å². The Kier molecular flexibility index (Phi) is 4.58. The van der Waals surface area contributed by atoms with Crippen LogP contribution in [0.1, 0.15) is 33.9 Å². The van der Waals surface area contributed by atoms with Gasteiger partial charge in [-0.1, -0.05) is 36.4 Å². The van der Waals surface area contributed by atoms with E-state index in [0.717, 1.165) is 34.4 Å². The highest BCUT2D eigenvalue weighted by molar-refractivity contribution is 5.90. The number of allylic oxidation sites excluding steroid dienone is 1. The third-order valence-electron chi connectivity index (χ3n) is 5.11. The molecule has 2 aromatic carbocycles. The number of nitriles is 1. The van der Waals surface area contributed by atoms with Gasteiger partial charge in [-0.3, -0.25) is 0 Å². The maximum Gasteiger partial charge on any atom is 0.149 e. The van der Waals surface area contributed by atoms with Crippen LogP contribution in [0, 0.1) is 32.1 Å². The molecule has 4 heteroatoms. The van der Waals surface area contributed by atoms with Crippen molar-refractivity contribution in [2.24, 2.45) is 0 Å². The fraction of sp³-hybridized carbons (Fsp3) is 0.167. The molecule has 4 aromatic rings. The average molecular weight is 366 g/mol. The van der Waals surface area contributed by atoms with Crippen molar-refractivity contribution >= 4 is 22.7 Å². The summed E-state index contributed by atoms with van der Waals surface area (Å²) in [5.74, 6) is 0.607. The summed E-state index contributed by atoms with van der Waals surface area (Å²) in [6, 6.07) is 20.9. The zero-order chi connectivity index (χ0) is 19.7. The molecule has 2 heterocycles. The van der Waals surface area contributed by atoms with E-state index in [1.807, 2.05) is 37.3 Å². The first-order chi connectivity index (χ1) is 13.5. The number of aryl methyl sites for hydroxylation is 2. The highest BCUT2D eigenvalue weighted by atomic mass is 15.0. The first-order valence-electron chi connectivity index (χ1n) is 9.34. The van der Waals surface area contributed by atoms with Gasteiger partial charge in [-0.15, -0.1) is 0 Å². The van der Waals surface area contributed by atoms with E-state index in [-0.39, 0.29) is 0 Å². The molecule has 4 nitrogen and oxygen atoms in total. The van der Waals surface area contributed by atoms with E-state index in [1.165, 1.54) is 11.3 Å². The lowest BCUT2D eigenvalue weighted by molar-refractivity contribution is 0.749. The molecule has 0 saturated carbocycles. The van der Waals surface area contributed by atoms with Crippen LogP contribution < -0.4 is 0 Å². The van der Waals surface area contributed by atoms with Crippen molar-refractivity contribution in [2.75, 3.05) is 0 Å². The number of aromatic amines is 1. The average Bonchev–Trinajstić information content (AvgIpc) is 3.22. The van der Waals surface area contributed by atoms with Crippen molar-refractivity contribution < 1.29 is 0 Å². The van der Waals surface area contributed by atoms with Gasteiger partial charge in [-0.2, -0.15) is 5.26 Å². The Hall–Kier alpha value is -3.58. The van der Waals surface area contributed by atoms with Crippen LogP contribution in [0.2, 0.25) is 0 Å². The fourth-order valence-electron chi connectivity index (χ4n) is 3.54. The highest BCUT2D eigenvalue weighted by Crippen LogP contribution is 2.24. The van der Waals surface area contributed by atoms with E-state index in [4.69, 9.17) is 0 Å². The van der Waals surface area contributed by atoms with E-state index in [9.17, 15) is 5.26 Å². The van der Waals surface area contributed by atoms with Gasteiger partial charge in [0.1, 0.15) is 11.9 Å². The Balaban J connectivity index is 1.72. The van der Waals surface area contributed by atoms with E-state index < -0.39 is 0 Å². The Morgan fingerprint density at radius 1 is 1.11 bits per heavy atom. The molecule has 28 heavy (non-hydrogen) atoms. The molecule has 0 bridgehead atoms. The molecule has 0 fully saturated rings. The Bertz CT molecular complexity index is 1220. The molecule has 138 valence electrons. The maximum atomic E-state index is 9.74. The molecule has 0 unspecified atom stereocenters. The molecule has 0 radical (unpaired) electrons. The minimum absolute atomic E-state index is 0.536. The number of aromatic nitrogens is 3. The summed E-state index contributed by atoms with van der Waals surface area (Å²) in [7, 11) is 0. The van der Waals surface area contributed by atoms with Crippen LogP contribution in [0.4, 0.5) is 0 Å².